The van der Waals surface area contributed by atoms with Crippen molar-refractivity contribution in [3.05, 3.63) is 65.0 Å². The van der Waals surface area contributed by atoms with Gasteiger partial charge in [0.25, 0.3) is 0 Å². The second kappa shape index (κ2) is 6.63. The third-order valence-electron chi connectivity index (χ3n) is 3.18. The molecular formula is C16H16F3NO. The van der Waals surface area contributed by atoms with Crippen molar-refractivity contribution in [2.24, 2.45) is 0 Å². The molecule has 2 aromatic carbocycles. The highest BCUT2D eigenvalue weighted by molar-refractivity contribution is 5.42. The molecule has 1 unspecified atom stereocenters. The summed E-state index contributed by atoms with van der Waals surface area (Å²) in [7, 11) is 1.46. The zero-order valence-electron chi connectivity index (χ0n) is 11.8. The minimum Gasteiger partial charge on any atom is -0.496 e. The molecule has 0 saturated carbocycles. The van der Waals surface area contributed by atoms with Crippen LogP contribution in [0.4, 0.5) is 13.2 Å². The molecule has 0 saturated heterocycles. The maximum absolute atomic E-state index is 14.0. The number of benzene rings is 2. The molecule has 0 bridgehead atoms. The summed E-state index contributed by atoms with van der Waals surface area (Å²) in [5.41, 5.74) is 0.701. The lowest BCUT2D eigenvalue weighted by molar-refractivity contribution is 0.401. The second-order valence-corrected chi connectivity index (χ2v) is 4.54. The first kappa shape index (κ1) is 15.4. The van der Waals surface area contributed by atoms with Gasteiger partial charge < -0.3 is 10.1 Å². The van der Waals surface area contributed by atoms with Crippen molar-refractivity contribution in [2.45, 2.75) is 13.0 Å². The fraction of sp³-hybridized carbons (Fsp3) is 0.250. The van der Waals surface area contributed by atoms with Gasteiger partial charge in [0.05, 0.1) is 13.2 Å². The third kappa shape index (κ3) is 3.36. The summed E-state index contributed by atoms with van der Waals surface area (Å²) in [5.74, 6) is -1.35. The summed E-state index contributed by atoms with van der Waals surface area (Å²) >= 11 is 0. The second-order valence-electron chi connectivity index (χ2n) is 4.54. The number of ether oxygens (including phenoxy) is 1. The highest BCUT2D eigenvalue weighted by Crippen LogP contribution is 2.32. The topological polar surface area (TPSA) is 21.3 Å². The first-order valence-electron chi connectivity index (χ1n) is 6.58. The fourth-order valence-electron chi connectivity index (χ4n) is 2.26. The van der Waals surface area contributed by atoms with Gasteiger partial charge in [0.1, 0.15) is 23.2 Å². The molecule has 1 N–H and O–H groups in total. The average Bonchev–Trinajstić information content (AvgIpc) is 2.45. The van der Waals surface area contributed by atoms with Gasteiger partial charge in [-0.2, -0.15) is 0 Å². The fourth-order valence-corrected chi connectivity index (χ4v) is 2.26. The van der Waals surface area contributed by atoms with Crippen molar-refractivity contribution in [2.75, 3.05) is 13.7 Å². The summed E-state index contributed by atoms with van der Waals surface area (Å²) in [4.78, 5) is 0. The predicted molar refractivity (Wildman–Crippen MR) is 74.8 cm³/mol. The summed E-state index contributed by atoms with van der Waals surface area (Å²) in [6, 6.07) is 6.75. The Kier molecular flexibility index (Phi) is 4.85. The van der Waals surface area contributed by atoms with E-state index in [2.05, 4.69) is 5.32 Å². The average molecular weight is 295 g/mol. The number of halogens is 3. The van der Waals surface area contributed by atoms with E-state index < -0.39 is 23.5 Å². The van der Waals surface area contributed by atoms with Crippen molar-refractivity contribution in [3.8, 4) is 5.75 Å². The number of nitrogens with one attached hydrogen (secondary N) is 1. The number of hydrogen-bond acceptors (Lipinski definition) is 2. The minimum absolute atomic E-state index is 0.238. The van der Waals surface area contributed by atoms with E-state index in [1.54, 1.807) is 0 Å². The number of hydrogen-bond donors (Lipinski definition) is 1. The molecule has 0 aliphatic rings. The van der Waals surface area contributed by atoms with E-state index in [0.29, 0.717) is 17.9 Å². The molecule has 0 aromatic heterocycles. The van der Waals surface area contributed by atoms with Gasteiger partial charge in [-0.25, -0.2) is 13.2 Å². The SMILES string of the molecule is CCNC(c1ccc(F)cc1F)c1cc(F)ccc1OC. The van der Waals surface area contributed by atoms with Crippen LogP contribution >= 0.6 is 0 Å². The van der Waals surface area contributed by atoms with Crippen LogP contribution in [0.25, 0.3) is 0 Å². The Morgan fingerprint density at radius 1 is 1.00 bits per heavy atom. The van der Waals surface area contributed by atoms with E-state index in [-0.39, 0.29) is 5.56 Å². The maximum atomic E-state index is 14.0. The zero-order valence-corrected chi connectivity index (χ0v) is 11.8. The van der Waals surface area contributed by atoms with E-state index in [1.807, 2.05) is 6.92 Å². The maximum Gasteiger partial charge on any atom is 0.131 e. The Labute approximate surface area is 121 Å². The molecule has 5 heteroatoms. The van der Waals surface area contributed by atoms with E-state index in [9.17, 15) is 13.2 Å². The molecule has 2 rings (SSSR count). The van der Waals surface area contributed by atoms with Crippen LogP contribution in [0.15, 0.2) is 36.4 Å². The first-order valence-corrected chi connectivity index (χ1v) is 6.58. The molecule has 0 radical (unpaired) electrons. The lowest BCUT2D eigenvalue weighted by Gasteiger charge is -2.22. The van der Waals surface area contributed by atoms with Crippen LogP contribution in [0, 0.1) is 17.5 Å². The van der Waals surface area contributed by atoms with E-state index in [0.717, 1.165) is 6.07 Å². The van der Waals surface area contributed by atoms with Gasteiger partial charge in [-0.1, -0.05) is 13.0 Å². The first-order chi connectivity index (χ1) is 10.1. The lowest BCUT2D eigenvalue weighted by atomic mass is 9.97. The Morgan fingerprint density at radius 2 is 1.67 bits per heavy atom. The molecule has 2 aromatic rings. The molecule has 0 aliphatic carbocycles. The van der Waals surface area contributed by atoms with Gasteiger partial charge in [-0.15, -0.1) is 0 Å². The Morgan fingerprint density at radius 3 is 2.29 bits per heavy atom. The smallest absolute Gasteiger partial charge is 0.131 e. The highest BCUT2D eigenvalue weighted by Gasteiger charge is 2.21. The van der Waals surface area contributed by atoms with Gasteiger partial charge >= 0.3 is 0 Å². The lowest BCUT2D eigenvalue weighted by Crippen LogP contribution is -2.23. The quantitative estimate of drug-likeness (QED) is 0.905. The monoisotopic (exact) mass is 295 g/mol. The number of methoxy groups -OCH3 is 1. The summed E-state index contributed by atoms with van der Waals surface area (Å²) < 4.78 is 45.8. The van der Waals surface area contributed by atoms with Gasteiger partial charge in [0.15, 0.2) is 0 Å². The zero-order chi connectivity index (χ0) is 15.4. The third-order valence-corrected chi connectivity index (χ3v) is 3.18. The van der Waals surface area contributed by atoms with Crippen LogP contribution in [0.1, 0.15) is 24.1 Å². The largest absolute Gasteiger partial charge is 0.496 e. The normalized spacial score (nSPS) is 12.2. The molecule has 0 aliphatic heterocycles. The van der Waals surface area contributed by atoms with Gasteiger partial charge in [0.2, 0.25) is 0 Å². The van der Waals surface area contributed by atoms with Crippen LogP contribution in [-0.4, -0.2) is 13.7 Å². The molecular weight excluding hydrogens is 279 g/mol. The predicted octanol–water partition coefficient (Wildman–Crippen LogP) is 3.81. The van der Waals surface area contributed by atoms with Crippen LogP contribution in [-0.2, 0) is 0 Å². The molecule has 21 heavy (non-hydrogen) atoms. The Balaban J connectivity index is 2.55. The van der Waals surface area contributed by atoms with Crippen molar-refractivity contribution in [3.63, 3.8) is 0 Å². The van der Waals surface area contributed by atoms with Crippen molar-refractivity contribution in [1.29, 1.82) is 0 Å². The van der Waals surface area contributed by atoms with Crippen LogP contribution in [0.2, 0.25) is 0 Å². The van der Waals surface area contributed by atoms with Crippen LogP contribution < -0.4 is 10.1 Å². The van der Waals surface area contributed by atoms with Crippen LogP contribution in [0.3, 0.4) is 0 Å². The minimum atomic E-state index is -0.688. The molecule has 112 valence electrons. The molecule has 0 fully saturated rings. The molecule has 2 nitrogen and oxygen atoms in total. The Hall–Kier alpha value is -2.01. The van der Waals surface area contributed by atoms with Crippen molar-refractivity contribution < 1.29 is 17.9 Å². The van der Waals surface area contributed by atoms with Gasteiger partial charge in [-0.3, -0.25) is 0 Å². The molecule has 0 heterocycles. The highest BCUT2D eigenvalue weighted by atomic mass is 19.1. The summed E-state index contributed by atoms with van der Waals surface area (Å²) in [6.07, 6.45) is 0. The van der Waals surface area contributed by atoms with Crippen molar-refractivity contribution in [1.82, 2.24) is 5.32 Å². The molecule has 0 spiro atoms. The van der Waals surface area contributed by atoms with E-state index in [1.165, 1.54) is 37.4 Å². The molecule has 0 amide bonds. The summed E-state index contributed by atoms with van der Waals surface area (Å²) in [6.45, 7) is 2.38. The van der Waals surface area contributed by atoms with E-state index in [4.69, 9.17) is 4.74 Å². The number of rotatable bonds is 5. The Bertz CT molecular complexity index is 631. The standard InChI is InChI=1S/C16H16F3NO/c1-3-20-16(12-6-4-11(18)9-14(12)19)13-8-10(17)5-7-15(13)21-2/h4-9,16,20H,3H2,1-2H3. The van der Waals surface area contributed by atoms with E-state index >= 15 is 0 Å². The van der Waals surface area contributed by atoms with Crippen LogP contribution in [0.5, 0.6) is 5.75 Å². The summed E-state index contributed by atoms with van der Waals surface area (Å²) in [5, 5.41) is 3.07. The van der Waals surface area contributed by atoms with Gasteiger partial charge in [0, 0.05) is 17.2 Å². The van der Waals surface area contributed by atoms with Gasteiger partial charge in [-0.05, 0) is 30.8 Å². The molecule has 1 atom stereocenters. The van der Waals surface area contributed by atoms with Crippen molar-refractivity contribution >= 4 is 0 Å².